The molecule has 36 heavy (non-hydrogen) atoms. The summed E-state index contributed by atoms with van der Waals surface area (Å²) in [6, 6.07) is 0. The van der Waals surface area contributed by atoms with E-state index in [4.69, 9.17) is 5.73 Å². The number of aromatic nitrogens is 4. The number of piperazine rings is 1. The highest BCUT2D eigenvalue weighted by molar-refractivity contribution is 6.12. The first-order valence-corrected chi connectivity index (χ1v) is 11.8. The van der Waals surface area contributed by atoms with Crippen LogP contribution in [0.1, 0.15) is 23.2 Å². The second-order valence-corrected chi connectivity index (χ2v) is 9.25. The molecule has 3 aromatic rings. The number of halogens is 2. The van der Waals surface area contributed by atoms with Crippen molar-refractivity contribution in [2.45, 2.75) is 12.8 Å². The molecule has 3 aromatic heterocycles. The Balaban J connectivity index is 1.29. The van der Waals surface area contributed by atoms with Crippen molar-refractivity contribution >= 4 is 34.7 Å². The summed E-state index contributed by atoms with van der Waals surface area (Å²) in [5.74, 6) is -1.43. The van der Waals surface area contributed by atoms with Gasteiger partial charge in [-0.1, -0.05) is 0 Å². The van der Waals surface area contributed by atoms with Gasteiger partial charge in [-0.05, 0) is 18.8 Å². The number of piperidine rings is 1. The lowest BCUT2D eigenvalue weighted by atomic mass is 9.95. The van der Waals surface area contributed by atoms with Gasteiger partial charge in [-0.3, -0.25) is 19.5 Å². The van der Waals surface area contributed by atoms with Gasteiger partial charge in [-0.25, -0.2) is 18.3 Å². The molecule has 2 aliphatic rings. The third kappa shape index (κ3) is 4.65. The van der Waals surface area contributed by atoms with Gasteiger partial charge < -0.3 is 20.9 Å². The highest BCUT2D eigenvalue weighted by atomic mass is 19.1. The Kier molecular flexibility index (Phi) is 6.39. The number of fused-ring (bicyclic) bond motifs is 1. The monoisotopic (exact) mass is 499 g/mol. The SMILES string of the molecule is CN1CCN(CC2CCN(c3c(F)cncc3NC(=O)c3c(N)nn4cc(F)cnc34)CC2)CC1=O. The van der Waals surface area contributed by atoms with Crippen molar-refractivity contribution in [3.63, 3.8) is 0 Å². The van der Waals surface area contributed by atoms with Gasteiger partial charge in [0.1, 0.15) is 11.3 Å². The average molecular weight is 500 g/mol. The second-order valence-electron chi connectivity index (χ2n) is 9.25. The zero-order valence-electron chi connectivity index (χ0n) is 19.8. The number of anilines is 3. The van der Waals surface area contributed by atoms with Gasteiger partial charge in [0.2, 0.25) is 5.91 Å². The van der Waals surface area contributed by atoms with E-state index < -0.39 is 17.5 Å². The summed E-state index contributed by atoms with van der Waals surface area (Å²) in [5, 5.41) is 6.62. The van der Waals surface area contributed by atoms with Crippen LogP contribution in [0.5, 0.6) is 0 Å². The molecular formula is C23H27F2N9O2. The lowest BCUT2D eigenvalue weighted by Crippen LogP contribution is -2.50. The lowest BCUT2D eigenvalue weighted by molar-refractivity contribution is -0.134. The summed E-state index contributed by atoms with van der Waals surface area (Å²) >= 11 is 0. The Morgan fingerprint density at radius 2 is 1.94 bits per heavy atom. The third-order valence-corrected chi connectivity index (χ3v) is 6.80. The number of carbonyl (C=O) groups is 2. The largest absolute Gasteiger partial charge is 0.381 e. The summed E-state index contributed by atoms with van der Waals surface area (Å²) in [5.41, 5.74) is 6.39. The molecule has 0 aliphatic carbocycles. The van der Waals surface area contributed by atoms with Crippen LogP contribution in [0.2, 0.25) is 0 Å². The minimum Gasteiger partial charge on any atom is -0.381 e. The Morgan fingerprint density at radius 1 is 1.17 bits per heavy atom. The molecular weight excluding hydrogens is 472 g/mol. The van der Waals surface area contributed by atoms with Gasteiger partial charge >= 0.3 is 0 Å². The molecule has 5 heterocycles. The van der Waals surface area contributed by atoms with Crippen LogP contribution in [0.15, 0.2) is 24.8 Å². The number of hydrogen-bond acceptors (Lipinski definition) is 8. The quantitative estimate of drug-likeness (QED) is 0.537. The molecule has 190 valence electrons. The molecule has 3 N–H and O–H groups in total. The van der Waals surface area contributed by atoms with Crippen LogP contribution in [-0.2, 0) is 4.79 Å². The fraction of sp³-hybridized carbons (Fsp3) is 0.435. The summed E-state index contributed by atoms with van der Waals surface area (Å²) in [6.07, 6.45) is 6.17. The van der Waals surface area contributed by atoms with E-state index in [-0.39, 0.29) is 34.3 Å². The smallest absolute Gasteiger partial charge is 0.263 e. The van der Waals surface area contributed by atoms with Gasteiger partial charge in [0, 0.05) is 39.8 Å². The number of nitrogens with zero attached hydrogens (tertiary/aromatic N) is 7. The van der Waals surface area contributed by atoms with E-state index in [0.29, 0.717) is 25.6 Å². The van der Waals surface area contributed by atoms with E-state index in [1.807, 2.05) is 11.9 Å². The highest BCUT2D eigenvalue weighted by Gasteiger charge is 2.29. The fourth-order valence-corrected chi connectivity index (χ4v) is 4.84. The molecule has 0 saturated carbocycles. The number of nitrogens with two attached hydrogens (primary N) is 1. The molecule has 0 unspecified atom stereocenters. The summed E-state index contributed by atoms with van der Waals surface area (Å²) < 4.78 is 29.5. The van der Waals surface area contributed by atoms with Gasteiger partial charge in [-0.15, -0.1) is 5.10 Å². The third-order valence-electron chi connectivity index (χ3n) is 6.80. The van der Waals surface area contributed by atoms with Crippen LogP contribution < -0.4 is 16.0 Å². The summed E-state index contributed by atoms with van der Waals surface area (Å²) in [7, 11) is 1.82. The maximum absolute atomic E-state index is 15.0. The van der Waals surface area contributed by atoms with Gasteiger partial charge in [0.05, 0.1) is 37.0 Å². The zero-order valence-corrected chi connectivity index (χ0v) is 19.8. The van der Waals surface area contributed by atoms with Crippen LogP contribution in [0, 0.1) is 17.6 Å². The Morgan fingerprint density at radius 3 is 2.69 bits per heavy atom. The number of nitrogen functional groups attached to an aromatic ring is 1. The van der Waals surface area contributed by atoms with E-state index in [9.17, 15) is 18.4 Å². The zero-order chi connectivity index (χ0) is 25.4. The van der Waals surface area contributed by atoms with E-state index in [0.717, 1.165) is 55.6 Å². The van der Waals surface area contributed by atoms with Crippen LogP contribution in [-0.4, -0.2) is 87.5 Å². The van der Waals surface area contributed by atoms with Gasteiger partial charge in [0.25, 0.3) is 5.91 Å². The maximum Gasteiger partial charge on any atom is 0.263 e. The van der Waals surface area contributed by atoms with E-state index >= 15 is 0 Å². The van der Waals surface area contributed by atoms with E-state index in [2.05, 4.69) is 25.3 Å². The number of likely N-dealkylation sites (N-methyl/N-ethyl adjacent to an activating group) is 1. The molecule has 2 aliphatic heterocycles. The van der Waals surface area contributed by atoms with Crippen LogP contribution >= 0.6 is 0 Å². The van der Waals surface area contributed by atoms with Crippen molar-refractivity contribution in [1.29, 1.82) is 0 Å². The first-order valence-electron chi connectivity index (χ1n) is 11.8. The number of hydrogen-bond donors (Lipinski definition) is 2. The van der Waals surface area contributed by atoms with Crippen molar-refractivity contribution in [3.8, 4) is 0 Å². The molecule has 2 amide bonds. The average Bonchev–Trinajstić information content (AvgIpc) is 3.17. The highest BCUT2D eigenvalue weighted by Crippen LogP contribution is 2.33. The fourth-order valence-electron chi connectivity index (χ4n) is 4.84. The molecule has 5 rings (SSSR count). The van der Waals surface area contributed by atoms with E-state index in [1.165, 1.54) is 6.20 Å². The van der Waals surface area contributed by atoms with Gasteiger partial charge in [-0.2, -0.15) is 0 Å². The molecule has 0 atom stereocenters. The standard InChI is InChI=1S/C23H27F2N9O2/c1-31-6-7-32(13-18(31)35)11-14-2-4-33(5-3-14)20-16(25)9-27-10-17(20)29-23(36)19-21(26)30-34-12-15(24)8-28-22(19)34/h8-10,12,14H,2-7,11,13H2,1H3,(H2,26,30)(H,29,36). The van der Waals surface area contributed by atoms with Crippen molar-refractivity contribution in [3.05, 3.63) is 42.0 Å². The van der Waals surface area contributed by atoms with Crippen molar-refractivity contribution in [2.75, 3.05) is 62.3 Å². The van der Waals surface area contributed by atoms with Gasteiger partial charge in [0.15, 0.2) is 23.1 Å². The number of carbonyl (C=O) groups excluding carboxylic acids is 2. The van der Waals surface area contributed by atoms with Crippen molar-refractivity contribution in [1.82, 2.24) is 29.4 Å². The maximum atomic E-state index is 15.0. The number of pyridine rings is 1. The number of nitrogens with one attached hydrogen (secondary N) is 1. The number of rotatable bonds is 5. The predicted octanol–water partition coefficient (Wildman–Crippen LogP) is 1.23. The van der Waals surface area contributed by atoms with Crippen LogP contribution in [0.4, 0.5) is 26.0 Å². The first-order chi connectivity index (χ1) is 17.3. The molecule has 11 nitrogen and oxygen atoms in total. The molecule has 0 spiro atoms. The normalized spacial score (nSPS) is 17.7. The molecule has 0 bridgehead atoms. The Hall–Kier alpha value is -3.87. The van der Waals surface area contributed by atoms with Crippen LogP contribution in [0.3, 0.4) is 0 Å². The topological polar surface area (TPSA) is 125 Å². The predicted molar refractivity (Wildman–Crippen MR) is 129 cm³/mol. The molecule has 2 saturated heterocycles. The Labute approximate surface area is 205 Å². The molecule has 0 aromatic carbocycles. The minimum atomic E-state index is -0.648. The van der Waals surface area contributed by atoms with Crippen molar-refractivity contribution in [2.24, 2.45) is 5.92 Å². The minimum absolute atomic E-state index is 0.0364. The van der Waals surface area contributed by atoms with Crippen LogP contribution in [0.25, 0.3) is 5.65 Å². The molecule has 0 radical (unpaired) electrons. The lowest BCUT2D eigenvalue weighted by Gasteiger charge is -2.38. The molecule has 2 fully saturated rings. The second kappa shape index (κ2) is 9.64. The molecule has 13 heteroatoms. The number of amides is 2. The summed E-state index contributed by atoms with van der Waals surface area (Å²) in [6.45, 7) is 4.03. The van der Waals surface area contributed by atoms with E-state index in [1.54, 1.807) is 4.90 Å². The Bertz CT molecular complexity index is 1310. The summed E-state index contributed by atoms with van der Waals surface area (Å²) in [4.78, 5) is 38.7. The first kappa shape index (κ1) is 23.9. The van der Waals surface area contributed by atoms with Crippen molar-refractivity contribution < 1.29 is 18.4 Å².